The van der Waals surface area contributed by atoms with Crippen molar-refractivity contribution in [2.45, 2.75) is 0 Å². The van der Waals surface area contributed by atoms with E-state index in [2.05, 4.69) is 214 Å². The molecule has 9 aromatic rings. The molecule has 2 nitrogen and oxygen atoms in total. The molecule has 0 aliphatic rings. The second-order valence-electron chi connectivity index (χ2n) is 12.3. The first-order valence-corrected chi connectivity index (χ1v) is 17.3. The van der Waals surface area contributed by atoms with Crippen LogP contribution in [-0.2, 0) is 0 Å². The molecule has 0 fully saturated rings. The lowest BCUT2D eigenvalue weighted by atomic mass is 10.0. The summed E-state index contributed by atoms with van der Waals surface area (Å²) < 4.78 is 0.997. The zero-order chi connectivity index (χ0) is 32.7. The molecular weight excluding hydrogens is 660 g/mol. The van der Waals surface area contributed by atoms with Crippen molar-refractivity contribution in [2.24, 2.45) is 0 Å². The second-order valence-corrected chi connectivity index (χ2v) is 13.1. The van der Waals surface area contributed by atoms with Gasteiger partial charge in [0, 0.05) is 22.1 Å². The molecule has 0 atom stereocenters. The molecule has 9 aromatic carbocycles. The molecule has 0 saturated carbocycles. The minimum atomic E-state index is 0.997. The minimum Gasteiger partial charge on any atom is -0.309 e. The predicted octanol–water partition coefficient (Wildman–Crippen LogP) is 14.0. The number of halogens is 1. The van der Waals surface area contributed by atoms with Crippen LogP contribution in [-0.4, -0.2) is 0 Å². The normalized spacial score (nSPS) is 11.4. The van der Waals surface area contributed by atoms with Crippen LogP contribution in [0.4, 0.5) is 34.1 Å². The molecule has 0 aliphatic carbocycles. The zero-order valence-corrected chi connectivity index (χ0v) is 28.3. The Morgan fingerprint density at radius 2 is 0.653 bits per heavy atom. The Hall–Kier alpha value is -5.90. The molecule has 0 heterocycles. The maximum absolute atomic E-state index is 4.22. The highest BCUT2D eigenvalue weighted by molar-refractivity contribution is 9.10. The van der Waals surface area contributed by atoms with Crippen LogP contribution in [0.3, 0.4) is 0 Å². The van der Waals surface area contributed by atoms with Gasteiger partial charge in [-0.3, -0.25) is 0 Å². The van der Waals surface area contributed by atoms with Gasteiger partial charge < -0.3 is 9.80 Å². The van der Waals surface area contributed by atoms with E-state index in [1.807, 2.05) is 0 Å². The molecule has 0 spiro atoms. The van der Waals surface area contributed by atoms with E-state index in [1.165, 1.54) is 43.1 Å². The summed E-state index contributed by atoms with van der Waals surface area (Å²) in [6, 6.07) is 67.6. The van der Waals surface area contributed by atoms with Crippen LogP contribution in [0.5, 0.6) is 0 Å². The number of nitrogens with zero attached hydrogens (tertiary/aromatic N) is 2. The van der Waals surface area contributed by atoms with E-state index < -0.39 is 0 Å². The Balaban J connectivity index is 1.31. The summed E-state index contributed by atoms with van der Waals surface area (Å²) in [4.78, 5) is 4.79. The first kappa shape index (κ1) is 29.3. The van der Waals surface area contributed by atoms with Gasteiger partial charge in [-0.2, -0.15) is 0 Å². The summed E-state index contributed by atoms with van der Waals surface area (Å²) in [5.74, 6) is 0. The molecule has 232 valence electrons. The molecule has 0 radical (unpaired) electrons. The van der Waals surface area contributed by atoms with Crippen molar-refractivity contribution in [3.8, 4) is 0 Å². The third-order valence-electron chi connectivity index (χ3n) is 9.44. The van der Waals surface area contributed by atoms with E-state index in [9.17, 15) is 0 Å². The fraction of sp³-hybridized carbons (Fsp3) is 0. The van der Waals surface area contributed by atoms with Gasteiger partial charge in [0.05, 0.1) is 27.2 Å². The molecular formula is C46H31BrN2. The Labute approximate surface area is 294 Å². The Morgan fingerprint density at radius 3 is 1.16 bits per heavy atom. The number of hydrogen-bond acceptors (Lipinski definition) is 2. The van der Waals surface area contributed by atoms with Gasteiger partial charge in [0.2, 0.25) is 0 Å². The lowest BCUT2D eigenvalue weighted by Gasteiger charge is -2.32. The maximum atomic E-state index is 4.22. The first-order valence-electron chi connectivity index (χ1n) is 16.5. The molecule has 3 heteroatoms. The van der Waals surface area contributed by atoms with Crippen LogP contribution >= 0.6 is 15.9 Å². The average Bonchev–Trinajstić information content (AvgIpc) is 3.16. The van der Waals surface area contributed by atoms with Crippen molar-refractivity contribution in [1.82, 2.24) is 0 Å². The summed E-state index contributed by atoms with van der Waals surface area (Å²) in [5, 5.41) is 9.62. The first-order chi connectivity index (χ1) is 24.2. The van der Waals surface area contributed by atoms with Crippen molar-refractivity contribution in [3.05, 3.63) is 193 Å². The van der Waals surface area contributed by atoms with Gasteiger partial charge in [0.1, 0.15) is 0 Å². The van der Waals surface area contributed by atoms with Gasteiger partial charge in [-0.1, -0.05) is 140 Å². The molecule has 49 heavy (non-hydrogen) atoms. The van der Waals surface area contributed by atoms with Crippen LogP contribution in [0.2, 0.25) is 0 Å². The summed E-state index contributed by atoms with van der Waals surface area (Å²) in [6.45, 7) is 0. The van der Waals surface area contributed by atoms with E-state index in [-0.39, 0.29) is 0 Å². The minimum absolute atomic E-state index is 0.997. The van der Waals surface area contributed by atoms with Crippen LogP contribution in [0.1, 0.15) is 0 Å². The van der Waals surface area contributed by atoms with Gasteiger partial charge in [-0.15, -0.1) is 0 Å². The second kappa shape index (κ2) is 12.3. The van der Waals surface area contributed by atoms with Crippen molar-refractivity contribution in [1.29, 1.82) is 0 Å². The van der Waals surface area contributed by atoms with Crippen LogP contribution in [0, 0.1) is 0 Å². The molecule has 0 aromatic heterocycles. The SMILES string of the molecule is Brc1c(N(c2ccc3ccccc3c2)c2ccc3ccccc3c2)cccc1N(c1cccc2ccccc12)c1cccc2ccccc12. The van der Waals surface area contributed by atoms with E-state index in [4.69, 9.17) is 0 Å². The Bertz CT molecular complexity index is 2490. The van der Waals surface area contributed by atoms with E-state index in [0.29, 0.717) is 0 Å². The molecule has 0 N–H and O–H groups in total. The van der Waals surface area contributed by atoms with Crippen LogP contribution < -0.4 is 9.80 Å². The van der Waals surface area contributed by atoms with Crippen molar-refractivity contribution in [3.63, 3.8) is 0 Å². The van der Waals surface area contributed by atoms with Crippen LogP contribution in [0.25, 0.3) is 43.1 Å². The highest BCUT2D eigenvalue weighted by Gasteiger charge is 2.24. The topological polar surface area (TPSA) is 6.48 Å². The quantitative estimate of drug-likeness (QED) is 0.171. The van der Waals surface area contributed by atoms with Crippen molar-refractivity contribution >= 4 is 93.1 Å². The Kier molecular flexibility index (Phi) is 7.33. The van der Waals surface area contributed by atoms with Gasteiger partial charge in [0.25, 0.3) is 0 Å². The number of fused-ring (bicyclic) bond motifs is 4. The summed E-state index contributed by atoms with van der Waals surface area (Å²) >= 11 is 4.22. The molecule has 0 amide bonds. The molecule has 0 bridgehead atoms. The van der Waals surface area contributed by atoms with E-state index in [1.54, 1.807) is 0 Å². The number of rotatable bonds is 6. The lowest BCUT2D eigenvalue weighted by molar-refractivity contribution is 1.25. The maximum Gasteiger partial charge on any atom is 0.0656 e. The smallest absolute Gasteiger partial charge is 0.0656 e. The summed E-state index contributed by atoms with van der Waals surface area (Å²) in [5.41, 5.74) is 6.53. The lowest BCUT2D eigenvalue weighted by Crippen LogP contribution is -2.15. The molecule has 0 aliphatic heterocycles. The third kappa shape index (κ3) is 5.20. The Morgan fingerprint density at radius 1 is 0.286 bits per heavy atom. The fourth-order valence-corrected chi connectivity index (χ4v) is 7.73. The molecule has 0 unspecified atom stereocenters. The highest BCUT2D eigenvalue weighted by Crippen LogP contribution is 2.49. The van der Waals surface area contributed by atoms with Gasteiger partial charge in [0.15, 0.2) is 0 Å². The highest BCUT2D eigenvalue weighted by atomic mass is 79.9. The van der Waals surface area contributed by atoms with Gasteiger partial charge >= 0.3 is 0 Å². The predicted molar refractivity (Wildman–Crippen MR) is 214 cm³/mol. The molecule has 0 saturated heterocycles. The van der Waals surface area contributed by atoms with Gasteiger partial charge in [-0.25, -0.2) is 0 Å². The zero-order valence-electron chi connectivity index (χ0n) is 26.7. The van der Waals surface area contributed by atoms with Gasteiger partial charge in [-0.05, 0) is 96.8 Å². The van der Waals surface area contributed by atoms with Crippen molar-refractivity contribution < 1.29 is 0 Å². The number of hydrogen-bond donors (Lipinski definition) is 0. The van der Waals surface area contributed by atoms with Crippen LogP contribution in [0.15, 0.2) is 193 Å². The average molecular weight is 692 g/mol. The standard InChI is InChI=1S/C46H31BrN2/c47-46-44(48(38-28-26-32-12-1-3-16-36(32)30-38)39-29-27-33-13-2-4-17-37(33)31-39)24-11-25-45(46)49(42-22-9-18-34-14-5-7-20-40(34)42)43-23-10-19-35-15-6-8-21-41(35)43/h1-31H. The van der Waals surface area contributed by atoms with E-state index >= 15 is 0 Å². The van der Waals surface area contributed by atoms with E-state index in [0.717, 1.165) is 38.6 Å². The van der Waals surface area contributed by atoms with Crippen molar-refractivity contribution in [2.75, 3.05) is 9.80 Å². The monoisotopic (exact) mass is 690 g/mol. The molecule has 9 rings (SSSR count). The number of anilines is 6. The fourth-order valence-electron chi connectivity index (χ4n) is 7.11. The largest absolute Gasteiger partial charge is 0.309 e. The number of benzene rings is 9. The summed E-state index contributed by atoms with van der Waals surface area (Å²) in [7, 11) is 0. The third-order valence-corrected chi connectivity index (χ3v) is 10.2. The summed E-state index contributed by atoms with van der Waals surface area (Å²) in [6.07, 6.45) is 0.